The zero-order chi connectivity index (χ0) is 12.4. The van der Waals surface area contributed by atoms with Crippen LogP contribution in [0.25, 0.3) is 5.65 Å². The van der Waals surface area contributed by atoms with Crippen molar-refractivity contribution >= 4 is 11.5 Å². The summed E-state index contributed by atoms with van der Waals surface area (Å²) >= 11 is 0. The van der Waals surface area contributed by atoms with E-state index < -0.39 is 0 Å². The molecule has 0 spiro atoms. The highest BCUT2D eigenvalue weighted by molar-refractivity contribution is 5.45. The number of aromatic nitrogens is 4. The van der Waals surface area contributed by atoms with Gasteiger partial charge in [-0.2, -0.15) is 5.10 Å². The van der Waals surface area contributed by atoms with Crippen LogP contribution in [-0.4, -0.2) is 19.6 Å². The van der Waals surface area contributed by atoms with Gasteiger partial charge < -0.3 is 9.73 Å². The van der Waals surface area contributed by atoms with Crippen LogP contribution in [0.1, 0.15) is 18.6 Å². The summed E-state index contributed by atoms with van der Waals surface area (Å²) in [5.74, 6) is 2.34. The number of aryl methyl sites for hydroxylation is 1. The number of hydrogen-bond donors (Lipinski definition) is 1. The molecule has 0 unspecified atom stereocenters. The van der Waals surface area contributed by atoms with Gasteiger partial charge in [0.1, 0.15) is 11.6 Å². The second-order valence-electron chi connectivity index (χ2n) is 3.87. The van der Waals surface area contributed by atoms with E-state index in [9.17, 15) is 0 Å². The van der Waals surface area contributed by atoms with Crippen molar-refractivity contribution in [3.8, 4) is 0 Å². The van der Waals surface area contributed by atoms with Gasteiger partial charge in [0.25, 0.3) is 0 Å². The Bertz CT molecular complexity index is 657. The second kappa shape index (κ2) is 4.48. The Hall–Kier alpha value is -2.37. The van der Waals surface area contributed by atoms with Crippen LogP contribution in [0.3, 0.4) is 0 Å². The molecule has 1 N–H and O–H groups in total. The van der Waals surface area contributed by atoms with E-state index in [0.717, 1.165) is 23.6 Å². The molecule has 18 heavy (non-hydrogen) atoms. The molecule has 0 aliphatic rings. The van der Waals surface area contributed by atoms with E-state index in [1.807, 2.05) is 25.3 Å². The monoisotopic (exact) mass is 243 g/mol. The van der Waals surface area contributed by atoms with Gasteiger partial charge in [-0.15, -0.1) is 0 Å². The summed E-state index contributed by atoms with van der Waals surface area (Å²) in [7, 11) is 0. The van der Waals surface area contributed by atoms with Crippen molar-refractivity contribution in [1.82, 2.24) is 19.6 Å². The summed E-state index contributed by atoms with van der Waals surface area (Å²) in [5.41, 5.74) is 0.807. The standard InChI is InChI=1S/C12H13N5O/c1-2-9-7-14-12(18-9)8-13-10-4-6-17-11(16-10)3-5-15-17/h3-7H,2,8H2,1H3,(H,13,16). The fourth-order valence-corrected chi connectivity index (χ4v) is 1.67. The number of anilines is 1. The van der Waals surface area contributed by atoms with Crippen molar-refractivity contribution in [1.29, 1.82) is 0 Å². The van der Waals surface area contributed by atoms with E-state index in [0.29, 0.717) is 12.4 Å². The molecule has 0 amide bonds. The Kier molecular flexibility index (Phi) is 2.68. The van der Waals surface area contributed by atoms with Gasteiger partial charge in [0, 0.05) is 18.7 Å². The Morgan fingerprint density at radius 1 is 1.39 bits per heavy atom. The molecule has 0 fully saturated rings. The molecule has 3 aromatic rings. The topological polar surface area (TPSA) is 68.2 Å². The molecule has 0 bridgehead atoms. The number of fused-ring (bicyclic) bond motifs is 1. The Morgan fingerprint density at radius 3 is 3.17 bits per heavy atom. The third-order valence-electron chi connectivity index (χ3n) is 2.63. The number of oxazole rings is 1. The molecule has 3 aromatic heterocycles. The summed E-state index contributed by atoms with van der Waals surface area (Å²) in [5, 5.41) is 7.26. The smallest absolute Gasteiger partial charge is 0.213 e. The minimum atomic E-state index is 0.525. The molecule has 0 aliphatic carbocycles. The highest BCUT2D eigenvalue weighted by atomic mass is 16.4. The van der Waals surface area contributed by atoms with Crippen LogP contribution in [0.5, 0.6) is 0 Å². The number of hydrogen-bond acceptors (Lipinski definition) is 5. The molecular weight excluding hydrogens is 230 g/mol. The van der Waals surface area contributed by atoms with Gasteiger partial charge in [-0.3, -0.25) is 0 Å². The average Bonchev–Trinajstić information content (AvgIpc) is 3.04. The first-order chi connectivity index (χ1) is 8.85. The molecule has 0 aromatic carbocycles. The highest BCUT2D eigenvalue weighted by Crippen LogP contribution is 2.09. The van der Waals surface area contributed by atoms with E-state index >= 15 is 0 Å². The molecule has 3 heterocycles. The molecule has 6 heteroatoms. The molecular formula is C12H13N5O. The van der Waals surface area contributed by atoms with Gasteiger partial charge in [0.15, 0.2) is 5.65 Å². The lowest BCUT2D eigenvalue weighted by atomic mass is 10.4. The van der Waals surface area contributed by atoms with Crippen molar-refractivity contribution in [2.45, 2.75) is 19.9 Å². The fraction of sp³-hybridized carbons (Fsp3) is 0.250. The minimum Gasteiger partial charge on any atom is -0.444 e. The van der Waals surface area contributed by atoms with Crippen LogP contribution in [0.15, 0.2) is 35.1 Å². The lowest BCUT2D eigenvalue weighted by Crippen LogP contribution is -2.02. The lowest BCUT2D eigenvalue weighted by molar-refractivity contribution is 0.465. The molecule has 0 atom stereocenters. The van der Waals surface area contributed by atoms with Crippen LogP contribution in [0.4, 0.5) is 5.82 Å². The summed E-state index contributed by atoms with van der Waals surface area (Å²) in [6.45, 7) is 2.56. The maximum absolute atomic E-state index is 5.51. The number of rotatable bonds is 4. The third-order valence-corrected chi connectivity index (χ3v) is 2.63. The Morgan fingerprint density at radius 2 is 2.33 bits per heavy atom. The molecule has 0 saturated heterocycles. The molecule has 0 aliphatic heterocycles. The van der Waals surface area contributed by atoms with Crippen LogP contribution >= 0.6 is 0 Å². The molecule has 0 radical (unpaired) electrons. The van der Waals surface area contributed by atoms with Gasteiger partial charge in [0.2, 0.25) is 5.89 Å². The van der Waals surface area contributed by atoms with Crippen LogP contribution in [-0.2, 0) is 13.0 Å². The number of nitrogens with zero attached hydrogens (tertiary/aromatic N) is 4. The van der Waals surface area contributed by atoms with E-state index in [2.05, 4.69) is 20.4 Å². The number of nitrogens with one attached hydrogen (secondary N) is 1. The van der Waals surface area contributed by atoms with Gasteiger partial charge in [-0.1, -0.05) is 6.92 Å². The zero-order valence-electron chi connectivity index (χ0n) is 10.00. The quantitative estimate of drug-likeness (QED) is 0.757. The first-order valence-electron chi connectivity index (χ1n) is 5.83. The van der Waals surface area contributed by atoms with E-state index in [1.165, 1.54) is 0 Å². The van der Waals surface area contributed by atoms with E-state index in [1.54, 1.807) is 16.9 Å². The molecule has 0 saturated carbocycles. The largest absolute Gasteiger partial charge is 0.444 e. The SMILES string of the molecule is CCc1cnc(CNc2ccn3nccc3n2)o1. The predicted octanol–water partition coefficient (Wildman–Crippen LogP) is 1.89. The molecule has 6 nitrogen and oxygen atoms in total. The first-order valence-corrected chi connectivity index (χ1v) is 5.83. The zero-order valence-corrected chi connectivity index (χ0v) is 10.00. The van der Waals surface area contributed by atoms with Crippen LogP contribution < -0.4 is 5.32 Å². The first kappa shape index (κ1) is 10.8. The van der Waals surface area contributed by atoms with Crippen molar-refractivity contribution in [3.63, 3.8) is 0 Å². The van der Waals surface area contributed by atoms with Crippen molar-refractivity contribution in [2.75, 3.05) is 5.32 Å². The van der Waals surface area contributed by atoms with E-state index in [-0.39, 0.29) is 0 Å². The normalized spacial score (nSPS) is 10.9. The molecule has 92 valence electrons. The lowest BCUT2D eigenvalue weighted by Gasteiger charge is -2.02. The fourth-order valence-electron chi connectivity index (χ4n) is 1.67. The van der Waals surface area contributed by atoms with Crippen molar-refractivity contribution in [2.24, 2.45) is 0 Å². The minimum absolute atomic E-state index is 0.525. The van der Waals surface area contributed by atoms with Gasteiger partial charge >= 0.3 is 0 Å². The average molecular weight is 243 g/mol. The van der Waals surface area contributed by atoms with Crippen LogP contribution in [0.2, 0.25) is 0 Å². The summed E-state index contributed by atoms with van der Waals surface area (Å²) in [6.07, 6.45) is 6.18. The van der Waals surface area contributed by atoms with Crippen molar-refractivity contribution < 1.29 is 4.42 Å². The van der Waals surface area contributed by atoms with Crippen molar-refractivity contribution in [3.05, 3.63) is 42.4 Å². The Labute approximate surface area is 104 Å². The summed E-state index contributed by atoms with van der Waals surface area (Å²) in [4.78, 5) is 8.58. The summed E-state index contributed by atoms with van der Waals surface area (Å²) < 4.78 is 7.22. The predicted molar refractivity (Wildman–Crippen MR) is 66.2 cm³/mol. The molecule has 3 rings (SSSR count). The maximum atomic E-state index is 5.51. The van der Waals surface area contributed by atoms with Gasteiger partial charge in [0.05, 0.1) is 18.9 Å². The maximum Gasteiger partial charge on any atom is 0.213 e. The Balaban J connectivity index is 1.72. The van der Waals surface area contributed by atoms with Gasteiger partial charge in [-0.05, 0) is 6.07 Å². The highest BCUT2D eigenvalue weighted by Gasteiger charge is 2.03. The second-order valence-corrected chi connectivity index (χ2v) is 3.87. The van der Waals surface area contributed by atoms with Gasteiger partial charge in [-0.25, -0.2) is 14.5 Å². The third kappa shape index (κ3) is 2.04. The summed E-state index contributed by atoms with van der Waals surface area (Å²) in [6, 6.07) is 3.72. The van der Waals surface area contributed by atoms with Crippen LogP contribution in [0, 0.1) is 0 Å². The van der Waals surface area contributed by atoms with E-state index in [4.69, 9.17) is 4.42 Å².